The third-order valence-electron chi connectivity index (χ3n) is 4.40. The highest BCUT2D eigenvalue weighted by atomic mass is 79.9. The van der Waals surface area contributed by atoms with Crippen molar-refractivity contribution >= 4 is 33.7 Å². The minimum atomic E-state index is -0.367. The molecule has 3 rings (SSSR count). The smallest absolute Gasteiger partial charge is 0.261 e. The number of benzene rings is 2. The molecule has 0 saturated carbocycles. The molecule has 0 saturated heterocycles. The Balaban J connectivity index is 1.42. The Labute approximate surface area is 164 Å². The van der Waals surface area contributed by atoms with Gasteiger partial charge in [0.2, 0.25) is 5.91 Å². The van der Waals surface area contributed by atoms with Crippen LogP contribution in [-0.2, 0) is 11.2 Å². The van der Waals surface area contributed by atoms with Gasteiger partial charge >= 0.3 is 0 Å². The molecule has 1 aliphatic rings. The van der Waals surface area contributed by atoms with Crippen LogP contribution in [-0.4, -0.2) is 35.7 Å². The second-order valence-corrected chi connectivity index (χ2v) is 7.16. The van der Waals surface area contributed by atoms with E-state index in [1.54, 1.807) is 36.4 Å². The summed E-state index contributed by atoms with van der Waals surface area (Å²) < 4.78 is 14.4. The molecule has 0 radical (unpaired) electrons. The van der Waals surface area contributed by atoms with Crippen molar-refractivity contribution in [2.75, 3.05) is 13.1 Å². The molecule has 1 aliphatic heterocycles. The molecule has 1 N–H and O–H groups in total. The molecule has 0 aliphatic carbocycles. The summed E-state index contributed by atoms with van der Waals surface area (Å²) >= 11 is 3.21. The molecule has 7 heteroatoms. The molecule has 0 aromatic heterocycles. The normalized spacial score (nSPS) is 13.0. The number of carbonyl (C=O) groups excluding carboxylic acids is 3. The highest BCUT2D eigenvalue weighted by molar-refractivity contribution is 9.10. The van der Waals surface area contributed by atoms with Gasteiger partial charge in [0.05, 0.1) is 11.1 Å². The second kappa shape index (κ2) is 8.43. The number of rotatable bonds is 7. The quantitative estimate of drug-likeness (QED) is 0.538. The molecule has 140 valence electrons. The van der Waals surface area contributed by atoms with Crippen LogP contribution in [0.4, 0.5) is 4.39 Å². The maximum Gasteiger partial charge on any atom is 0.261 e. The maximum atomic E-state index is 13.7. The van der Waals surface area contributed by atoms with Crippen LogP contribution >= 0.6 is 15.9 Å². The van der Waals surface area contributed by atoms with Gasteiger partial charge in [-0.2, -0.15) is 0 Å². The van der Waals surface area contributed by atoms with Crippen LogP contribution in [0.15, 0.2) is 46.9 Å². The summed E-state index contributed by atoms with van der Waals surface area (Å²) in [6.45, 7) is 0.440. The minimum absolute atomic E-state index is 0.0398. The molecule has 2 aromatic rings. The fourth-order valence-electron chi connectivity index (χ4n) is 2.98. The number of amides is 3. The molecule has 0 fully saturated rings. The monoisotopic (exact) mass is 432 g/mol. The van der Waals surface area contributed by atoms with E-state index in [1.165, 1.54) is 6.07 Å². The molecule has 1 heterocycles. The number of aryl methyl sites for hydroxylation is 1. The lowest BCUT2D eigenvalue weighted by Gasteiger charge is -2.13. The molecular formula is C20H18BrFN2O3. The Hall–Kier alpha value is -2.54. The number of hydrogen-bond donors (Lipinski definition) is 1. The van der Waals surface area contributed by atoms with Crippen molar-refractivity contribution < 1.29 is 18.8 Å². The van der Waals surface area contributed by atoms with Gasteiger partial charge in [0.1, 0.15) is 5.82 Å². The van der Waals surface area contributed by atoms with Crippen molar-refractivity contribution in [2.24, 2.45) is 0 Å². The molecule has 5 nitrogen and oxygen atoms in total. The van der Waals surface area contributed by atoms with Crippen molar-refractivity contribution in [3.63, 3.8) is 0 Å². The van der Waals surface area contributed by atoms with Crippen LogP contribution in [0.2, 0.25) is 0 Å². The van der Waals surface area contributed by atoms with E-state index >= 15 is 0 Å². The van der Waals surface area contributed by atoms with Crippen molar-refractivity contribution in [3.8, 4) is 0 Å². The zero-order valence-corrected chi connectivity index (χ0v) is 16.1. The van der Waals surface area contributed by atoms with Gasteiger partial charge < -0.3 is 5.32 Å². The number of carbonyl (C=O) groups is 3. The fraction of sp³-hybridized carbons (Fsp3) is 0.250. The zero-order chi connectivity index (χ0) is 19.4. The van der Waals surface area contributed by atoms with Gasteiger partial charge in [-0.05, 0) is 42.7 Å². The average Bonchev–Trinajstić information content (AvgIpc) is 2.89. The Morgan fingerprint density at radius 1 is 1.07 bits per heavy atom. The molecule has 2 aromatic carbocycles. The highest BCUT2D eigenvalue weighted by Crippen LogP contribution is 2.22. The van der Waals surface area contributed by atoms with E-state index < -0.39 is 0 Å². The van der Waals surface area contributed by atoms with Crippen molar-refractivity contribution in [1.82, 2.24) is 10.2 Å². The van der Waals surface area contributed by atoms with Gasteiger partial charge in [-0.3, -0.25) is 19.3 Å². The summed E-state index contributed by atoms with van der Waals surface area (Å²) in [6, 6.07) is 11.5. The molecule has 3 amide bonds. The van der Waals surface area contributed by atoms with E-state index in [0.717, 1.165) is 4.90 Å². The third kappa shape index (κ3) is 4.42. The minimum Gasteiger partial charge on any atom is -0.356 e. The van der Waals surface area contributed by atoms with E-state index in [4.69, 9.17) is 0 Å². The summed E-state index contributed by atoms with van der Waals surface area (Å²) in [6.07, 6.45) is 1.15. The SMILES string of the molecule is O=C(CCN1C(=O)c2ccccc2C1=O)NCCCc1ccc(Br)cc1F. The number of nitrogens with zero attached hydrogens (tertiary/aromatic N) is 1. The Morgan fingerprint density at radius 2 is 1.74 bits per heavy atom. The summed E-state index contributed by atoms with van der Waals surface area (Å²) in [4.78, 5) is 37.5. The lowest BCUT2D eigenvalue weighted by atomic mass is 10.1. The third-order valence-corrected chi connectivity index (χ3v) is 4.89. The molecular weight excluding hydrogens is 415 g/mol. The highest BCUT2D eigenvalue weighted by Gasteiger charge is 2.34. The van der Waals surface area contributed by atoms with Gasteiger partial charge in [-0.25, -0.2) is 4.39 Å². The van der Waals surface area contributed by atoms with E-state index in [9.17, 15) is 18.8 Å². The molecule has 0 atom stereocenters. The van der Waals surface area contributed by atoms with Crippen LogP contribution in [0, 0.1) is 5.82 Å². The first kappa shape index (κ1) is 19.2. The van der Waals surface area contributed by atoms with E-state index in [0.29, 0.717) is 40.5 Å². The van der Waals surface area contributed by atoms with Crippen LogP contribution in [0.3, 0.4) is 0 Å². The van der Waals surface area contributed by atoms with E-state index in [-0.39, 0.29) is 36.5 Å². The molecule has 27 heavy (non-hydrogen) atoms. The van der Waals surface area contributed by atoms with E-state index in [1.807, 2.05) is 0 Å². The lowest BCUT2D eigenvalue weighted by molar-refractivity contribution is -0.121. The molecule has 0 spiro atoms. The van der Waals surface area contributed by atoms with Crippen LogP contribution in [0.25, 0.3) is 0 Å². The molecule has 0 unspecified atom stereocenters. The first-order valence-corrected chi connectivity index (χ1v) is 9.42. The van der Waals surface area contributed by atoms with Gasteiger partial charge in [-0.15, -0.1) is 0 Å². The number of imide groups is 1. The maximum absolute atomic E-state index is 13.7. The van der Waals surface area contributed by atoms with Crippen LogP contribution in [0.5, 0.6) is 0 Å². The van der Waals surface area contributed by atoms with Crippen LogP contribution < -0.4 is 5.32 Å². The van der Waals surface area contributed by atoms with Gasteiger partial charge in [0.25, 0.3) is 11.8 Å². The average molecular weight is 433 g/mol. The van der Waals surface area contributed by atoms with E-state index in [2.05, 4.69) is 21.2 Å². The van der Waals surface area contributed by atoms with Gasteiger partial charge in [-0.1, -0.05) is 34.1 Å². The zero-order valence-electron chi connectivity index (χ0n) is 14.5. The summed E-state index contributed by atoms with van der Waals surface area (Å²) in [5, 5.41) is 2.74. The number of nitrogens with one attached hydrogen (secondary N) is 1. The largest absolute Gasteiger partial charge is 0.356 e. The first-order chi connectivity index (χ1) is 13.0. The van der Waals surface area contributed by atoms with Crippen molar-refractivity contribution in [1.29, 1.82) is 0 Å². The number of fused-ring (bicyclic) bond motifs is 1. The van der Waals surface area contributed by atoms with Gasteiger partial charge in [0.15, 0.2) is 0 Å². The van der Waals surface area contributed by atoms with Crippen molar-refractivity contribution in [3.05, 3.63) is 69.4 Å². The van der Waals surface area contributed by atoms with Crippen LogP contribution in [0.1, 0.15) is 39.1 Å². The van der Waals surface area contributed by atoms with Gasteiger partial charge in [0, 0.05) is 24.0 Å². The number of halogens is 2. The van der Waals surface area contributed by atoms with Crippen molar-refractivity contribution in [2.45, 2.75) is 19.3 Å². The second-order valence-electron chi connectivity index (χ2n) is 6.25. The predicted octanol–water partition coefficient (Wildman–Crippen LogP) is 3.32. The lowest BCUT2D eigenvalue weighted by Crippen LogP contribution is -2.34. The first-order valence-electron chi connectivity index (χ1n) is 8.63. The number of hydrogen-bond acceptors (Lipinski definition) is 3. The predicted molar refractivity (Wildman–Crippen MR) is 102 cm³/mol. The Kier molecular flexibility index (Phi) is 6.01. The summed E-state index contributed by atoms with van der Waals surface area (Å²) in [7, 11) is 0. The summed E-state index contributed by atoms with van der Waals surface area (Å²) in [5.41, 5.74) is 1.34. The fourth-order valence-corrected chi connectivity index (χ4v) is 3.31. The Bertz CT molecular complexity index is 866. The Morgan fingerprint density at radius 3 is 2.37 bits per heavy atom. The standard InChI is InChI=1S/C20H18BrFN2O3/c21-14-8-7-13(17(22)12-14)4-3-10-23-18(25)9-11-24-19(26)15-5-1-2-6-16(15)20(24)27/h1-2,5-8,12H,3-4,9-11H2,(H,23,25). The summed E-state index contributed by atoms with van der Waals surface area (Å²) in [5.74, 6) is -1.26. The molecule has 0 bridgehead atoms. The topological polar surface area (TPSA) is 66.5 Å².